The number of fused-ring (bicyclic) bond motifs is 1. The first-order chi connectivity index (χ1) is 11.4. The molecular weight excluding hydrogens is 309 g/mol. The number of urea groups is 1. The Balaban J connectivity index is 1.59. The normalized spacial score (nSPS) is 15.5. The summed E-state index contributed by atoms with van der Waals surface area (Å²) in [7, 11) is 0. The van der Waals surface area contributed by atoms with Gasteiger partial charge in [0.05, 0.1) is 6.54 Å². The van der Waals surface area contributed by atoms with Crippen LogP contribution in [0.25, 0.3) is 0 Å². The van der Waals surface area contributed by atoms with Crippen molar-refractivity contribution in [3.05, 3.63) is 59.0 Å². The van der Waals surface area contributed by atoms with Crippen molar-refractivity contribution in [1.82, 2.24) is 10.3 Å². The third-order valence-electron chi connectivity index (χ3n) is 4.21. The summed E-state index contributed by atoms with van der Waals surface area (Å²) in [5, 5.41) is 15.7. The smallest absolute Gasteiger partial charge is 0.320 e. The van der Waals surface area contributed by atoms with Crippen LogP contribution in [0.1, 0.15) is 30.2 Å². The molecule has 2 amide bonds. The number of nitrogens with one attached hydrogen (secondary N) is 2. The number of aliphatic hydroxyl groups is 1. The summed E-state index contributed by atoms with van der Waals surface area (Å²) >= 11 is 0. The largest absolute Gasteiger partial charge is 0.384 e. The molecule has 1 aromatic heterocycles. The maximum absolute atomic E-state index is 13.3. The van der Waals surface area contributed by atoms with E-state index in [1.165, 1.54) is 30.7 Å². The summed E-state index contributed by atoms with van der Waals surface area (Å²) in [5.41, 5.74) is 1.29. The number of aromatic nitrogens is 1. The number of halogens is 1. The van der Waals surface area contributed by atoms with Gasteiger partial charge in [0.2, 0.25) is 0 Å². The molecule has 0 spiro atoms. The van der Waals surface area contributed by atoms with Gasteiger partial charge in [-0.15, -0.1) is 0 Å². The van der Waals surface area contributed by atoms with Gasteiger partial charge in [-0.3, -0.25) is 5.32 Å². The third-order valence-corrected chi connectivity index (χ3v) is 4.21. The highest BCUT2D eigenvalue weighted by Gasteiger charge is 2.24. The average Bonchev–Trinajstić information content (AvgIpc) is 3.01. The van der Waals surface area contributed by atoms with Gasteiger partial charge in [-0.1, -0.05) is 18.2 Å². The quantitative estimate of drug-likeness (QED) is 0.807. The molecule has 1 aliphatic rings. The number of aryl methyl sites for hydroxylation is 2. The molecule has 2 aromatic rings. The van der Waals surface area contributed by atoms with Crippen molar-refractivity contribution in [3.63, 3.8) is 0 Å². The molecule has 0 fully saturated rings. The Bertz CT molecular complexity index is 762. The predicted molar refractivity (Wildman–Crippen MR) is 89.3 cm³/mol. The molecule has 0 saturated carbocycles. The number of carbonyl (C=O) groups excluding carboxylic acids is 1. The summed E-state index contributed by atoms with van der Waals surface area (Å²) in [6.07, 6.45) is 3.06. The highest BCUT2D eigenvalue weighted by molar-refractivity contribution is 5.88. The molecule has 1 aliphatic carbocycles. The Morgan fingerprint density at radius 1 is 1.33 bits per heavy atom. The minimum absolute atomic E-state index is 0.0484. The van der Waals surface area contributed by atoms with E-state index in [0.717, 1.165) is 25.0 Å². The molecule has 6 heteroatoms. The second-order valence-electron chi connectivity index (χ2n) is 6.25. The van der Waals surface area contributed by atoms with Gasteiger partial charge in [0.25, 0.3) is 0 Å². The maximum Gasteiger partial charge on any atom is 0.320 e. The SMILES string of the molecule is CC(O)(CNC(=O)Nc1ccc2c(n1)CCC2)c1cccc(F)c1. The van der Waals surface area contributed by atoms with Gasteiger partial charge < -0.3 is 10.4 Å². The van der Waals surface area contributed by atoms with Crippen LogP contribution < -0.4 is 10.6 Å². The minimum Gasteiger partial charge on any atom is -0.384 e. The number of anilines is 1. The van der Waals surface area contributed by atoms with Crippen LogP contribution in [0.4, 0.5) is 15.0 Å². The van der Waals surface area contributed by atoms with E-state index in [2.05, 4.69) is 15.6 Å². The summed E-state index contributed by atoms with van der Waals surface area (Å²) in [5.74, 6) is 0.0538. The second-order valence-corrected chi connectivity index (χ2v) is 6.25. The lowest BCUT2D eigenvalue weighted by atomic mass is 9.96. The lowest BCUT2D eigenvalue weighted by Gasteiger charge is -2.24. The predicted octanol–water partition coefficient (Wildman–Crippen LogP) is 2.74. The fourth-order valence-corrected chi connectivity index (χ4v) is 2.83. The molecule has 126 valence electrons. The van der Waals surface area contributed by atoms with Crippen LogP contribution in [0, 0.1) is 5.82 Å². The van der Waals surface area contributed by atoms with Gasteiger partial charge in [-0.05, 0) is 55.5 Å². The molecule has 24 heavy (non-hydrogen) atoms. The van der Waals surface area contributed by atoms with Crippen molar-refractivity contribution in [2.24, 2.45) is 0 Å². The van der Waals surface area contributed by atoms with Crippen molar-refractivity contribution in [1.29, 1.82) is 0 Å². The highest BCUT2D eigenvalue weighted by atomic mass is 19.1. The number of pyridine rings is 1. The van der Waals surface area contributed by atoms with Gasteiger partial charge in [-0.2, -0.15) is 0 Å². The Morgan fingerprint density at radius 2 is 2.17 bits per heavy atom. The van der Waals surface area contributed by atoms with E-state index in [9.17, 15) is 14.3 Å². The number of hydrogen-bond donors (Lipinski definition) is 3. The van der Waals surface area contributed by atoms with Crippen molar-refractivity contribution >= 4 is 11.8 Å². The average molecular weight is 329 g/mol. The van der Waals surface area contributed by atoms with Gasteiger partial charge >= 0.3 is 6.03 Å². The maximum atomic E-state index is 13.3. The van der Waals surface area contributed by atoms with Gasteiger partial charge in [0.15, 0.2) is 0 Å². The molecule has 1 atom stereocenters. The van der Waals surface area contributed by atoms with Gasteiger partial charge in [0.1, 0.15) is 17.2 Å². The van der Waals surface area contributed by atoms with E-state index in [-0.39, 0.29) is 6.54 Å². The van der Waals surface area contributed by atoms with Crippen LogP contribution in [0.5, 0.6) is 0 Å². The number of carbonyl (C=O) groups is 1. The fourth-order valence-electron chi connectivity index (χ4n) is 2.83. The van der Waals surface area contributed by atoms with E-state index in [1.54, 1.807) is 12.1 Å². The molecular formula is C18H20FN3O2. The molecule has 1 aromatic carbocycles. The zero-order valence-electron chi connectivity index (χ0n) is 13.5. The molecule has 3 rings (SSSR count). The molecule has 3 N–H and O–H groups in total. The first kappa shape index (κ1) is 16.4. The number of rotatable bonds is 4. The van der Waals surface area contributed by atoms with E-state index >= 15 is 0 Å². The summed E-state index contributed by atoms with van der Waals surface area (Å²) in [6, 6.07) is 8.99. The lowest BCUT2D eigenvalue weighted by Crippen LogP contribution is -2.40. The first-order valence-corrected chi connectivity index (χ1v) is 7.96. The second kappa shape index (κ2) is 6.57. The van der Waals surface area contributed by atoms with Gasteiger partial charge in [-0.25, -0.2) is 14.2 Å². The van der Waals surface area contributed by atoms with Crippen LogP contribution in [-0.4, -0.2) is 22.7 Å². The molecule has 0 aliphatic heterocycles. The van der Waals surface area contributed by atoms with E-state index in [4.69, 9.17) is 0 Å². The number of nitrogens with zero attached hydrogens (tertiary/aromatic N) is 1. The third kappa shape index (κ3) is 3.71. The Kier molecular flexibility index (Phi) is 4.49. The molecule has 5 nitrogen and oxygen atoms in total. The lowest BCUT2D eigenvalue weighted by molar-refractivity contribution is 0.0596. The molecule has 1 unspecified atom stereocenters. The Morgan fingerprint density at radius 3 is 2.96 bits per heavy atom. The highest BCUT2D eigenvalue weighted by Crippen LogP contribution is 2.22. The molecule has 1 heterocycles. The number of amides is 2. The topological polar surface area (TPSA) is 74.2 Å². The van der Waals surface area contributed by atoms with Crippen LogP contribution in [-0.2, 0) is 18.4 Å². The fraction of sp³-hybridized carbons (Fsp3) is 0.333. The van der Waals surface area contributed by atoms with Gasteiger partial charge in [0, 0.05) is 5.69 Å². The number of benzene rings is 1. The first-order valence-electron chi connectivity index (χ1n) is 7.96. The zero-order valence-corrected chi connectivity index (χ0v) is 13.5. The van der Waals surface area contributed by atoms with Crippen molar-refractivity contribution in [2.45, 2.75) is 31.8 Å². The Labute approximate surface area is 139 Å². The van der Waals surface area contributed by atoms with Crippen molar-refractivity contribution < 1.29 is 14.3 Å². The van der Waals surface area contributed by atoms with Crippen LogP contribution in [0.2, 0.25) is 0 Å². The van der Waals surface area contributed by atoms with E-state index in [0.29, 0.717) is 11.4 Å². The summed E-state index contributed by atoms with van der Waals surface area (Å²) in [6.45, 7) is 1.48. The molecule has 0 saturated heterocycles. The summed E-state index contributed by atoms with van der Waals surface area (Å²) < 4.78 is 13.3. The zero-order chi connectivity index (χ0) is 17.2. The van der Waals surface area contributed by atoms with Crippen molar-refractivity contribution in [2.75, 3.05) is 11.9 Å². The summed E-state index contributed by atoms with van der Waals surface area (Å²) in [4.78, 5) is 16.4. The van der Waals surface area contributed by atoms with Crippen LogP contribution in [0.15, 0.2) is 36.4 Å². The molecule has 0 radical (unpaired) electrons. The number of hydrogen-bond acceptors (Lipinski definition) is 3. The monoisotopic (exact) mass is 329 g/mol. The van der Waals surface area contributed by atoms with E-state index in [1.807, 2.05) is 6.07 Å². The minimum atomic E-state index is -1.37. The van der Waals surface area contributed by atoms with Crippen LogP contribution >= 0.6 is 0 Å². The molecule has 0 bridgehead atoms. The van der Waals surface area contributed by atoms with E-state index < -0.39 is 17.4 Å². The standard InChI is InChI=1S/C18H20FN3O2/c1-18(24,13-5-3-6-14(19)10-13)11-20-17(23)22-16-9-8-12-4-2-7-15(12)21-16/h3,5-6,8-10,24H,2,4,7,11H2,1H3,(H2,20,21,22,23). The Hall–Kier alpha value is -2.47. The van der Waals surface area contributed by atoms with Crippen molar-refractivity contribution in [3.8, 4) is 0 Å². The van der Waals surface area contributed by atoms with Crippen LogP contribution in [0.3, 0.4) is 0 Å².